The van der Waals surface area contributed by atoms with Crippen molar-refractivity contribution in [2.24, 2.45) is 5.73 Å². The van der Waals surface area contributed by atoms with Crippen LogP contribution in [0.25, 0.3) is 0 Å². The molecule has 0 saturated carbocycles. The fraction of sp³-hybridized carbons (Fsp3) is 0.800. The van der Waals surface area contributed by atoms with Crippen LogP contribution in [0.4, 0.5) is 0 Å². The number of amides is 2. The van der Waals surface area contributed by atoms with E-state index < -0.39 is 0 Å². The Kier molecular flexibility index (Phi) is 5.21. The normalized spacial score (nSPS) is 18.2. The van der Waals surface area contributed by atoms with E-state index in [4.69, 9.17) is 10.5 Å². The van der Waals surface area contributed by atoms with Gasteiger partial charge in [-0.05, 0) is 6.92 Å². The highest BCUT2D eigenvalue weighted by molar-refractivity contribution is 5.81. The number of rotatable bonds is 5. The van der Waals surface area contributed by atoms with Crippen LogP contribution in [0.2, 0.25) is 0 Å². The lowest BCUT2D eigenvalue weighted by atomic mass is 10.2. The Hall–Kier alpha value is -1.14. The largest absolute Gasteiger partial charge is 0.378 e. The van der Waals surface area contributed by atoms with E-state index in [-0.39, 0.29) is 24.3 Å². The lowest BCUT2D eigenvalue weighted by Gasteiger charge is -2.29. The molecule has 1 unspecified atom stereocenters. The van der Waals surface area contributed by atoms with Crippen molar-refractivity contribution in [3.05, 3.63) is 0 Å². The van der Waals surface area contributed by atoms with Crippen molar-refractivity contribution in [1.29, 1.82) is 0 Å². The SMILES string of the molecule is CC(NCCC(N)=O)C(=O)N1CCOCC1. The number of morpholine rings is 1. The van der Waals surface area contributed by atoms with Gasteiger partial charge < -0.3 is 20.7 Å². The highest BCUT2D eigenvalue weighted by Gasteiger charge is 2.21. The van der Waals surface area contributed by atoms with Crippen LogP contribution in [-0.4, -0.2) is 55.6 Å². The van der Waals surface area contributed by atoms with E-state index in [1.165, 1.54) is 0 Å². The number of ether oxygens (including phenoxy) is 1. The van der Waals surface area contributed by atoms with Crippen LogP contribution in [0.3, 0.4) is 0 Å². The molecule has 1 atom stereocenters. The predicted octanol–water partition coefficient (Wildman–Crippen LogP) is -1.30. The predicted molar refractivity (Wildman–Crippen MR) is 58.7 cm³/mol. The number of hydrogen-bond donors (Lipinski definition) is 2. The fourth-order valence-electron chi connectivity index (χ4n) is 1.56. The van der Waals surface area contributed by atoms with Crippen molar-refractivity contribution in [1.82, 2.24) is 10.2 Å². The number of nitrogens with zero attached hydrogens (tertiary/aromatic N) is 1. The molecule has 3 N–H and O–H groups in total. The van der Waals surface area contributed by atoms with Crippen molar-refractivity contribution < 1.29 is 14.3 Å². The molecule has 6 heteroatoms. The quantitative estimate of drug-likeness (QED) is 0.613. The van der Waals surface area contributed by atoms with E-state index in [0.29, 0.717) is 32.8 Å². The standard InChI is InChI=1S/C10H19N3O3/c1-8(12-3-2-9(11)14)10(15)13-4-6-16-7-5-13/h8,12H,2-7H2,1H3,(H2,11,14). The lowest BCUT2D eigenvalue weighted by Crippen LogP contribution is -2.49. The van der Waals surface area contributed by atoms with Gasteiger partial charge in [-0.3, -0.25) is 9.59 Å². The molecular weight excluding hydrogens is 210 g/mol. The van der Waals surface area contributed by atoms with Gasteiger partial charge in [0.15, 0.2) is 0 Å². The number of carbonyl (C=O) groups excluding carboxylic acids is 2. The van der Waals surface area contributed by atoms with Gasteiger partial charge in [0.05, 0.1) is 19.3 Å². The smallest absolute Gasteiger partial charge is 0.239 e. The summed E-state index contributed by atoms with van der Waals surface area (Å²) in [6, 6.07) is -0.280. The van der Waals surface area contributed by atoms with Crippen LogP contribution < -0.4 is 11.1 Å². The molecule has 16 heavy (non-hydrogen) atoms. The first kappa shape index (κ1) is 12.9. The third-order valence-corrected chi connectivity index (χ3v) is 2.52. The highest BCUT2D eigenvalue weighted by Crippen LogP contribution is 2.00. The summed E-state index contributed by atoms with van der Waals surface area (Å²) >= 11 is 0. The summed E-state index contributed by atoms with van der Waals surface area (Å²) in [4.78, 5) is 24.2. The lowest BCUT2D eigenvalue weighted by molar-refractivity contribution is -0.137. The van der Waals surface area contributed by atoms with E-state index in [2.05, 4.69) is 5.32 Å². The fourth-order valence-corrected chi connectivity index (χ4v) is 1.56. The number of primary amides is 1. The Morgan fingerprint density at radius 3 is 2.62 bits per heavy atom. The first-order valence-corrected chi connectivity index (χ1v) is 5.49. The Morgan fingerprint density at radius 2 is 2.06 bits per heavy atom. The molecule has 92 valence electrons. The van der Waals surface area contributed by atoms with Crippen molar-refractivity contribution in [3.8, 4) is 0 Å². The molecule has 0 aromatic rings. The molecule has 0 aromatic carbocycles. The molecule has 0 spiro atoms. The van der Waals surface area contributed by atoms with Gasteiger partial charge in [-0.25, -0.2) is 0 Å². The minimum Gasteiger partial charge on any atom is -0.378 e. The first-order valence-electron chi connectivity index (χ1n) is 5.49. The van der Waals surface area contributed by atoms with E-state index in [0.717, 1.165) is 0 Å². The van der Waals surface area contributed by atoms with Gasteiger partial charge in [-0.1, -0.05) is 0 Å². The van der Waals surface area contributed by atoms with Gasteiger partial charge in [-0.2, -0.15) is 0 Å². The zero-order valence-electron chi connectivity index (χ0n) is 9.57. The van der Waals surface area contributed by atoms with E-state index in [1.807, 2.05) is 0 Å². The molecule has 2 amide bonds. The Bertz CT molecular complexity index is 252. The highest BCUT2D eigenvalue weighted by atomic mass is 16.5. The second-order valence-corrected chi connectivity index (χ2v) is 3.83. The molecule has 1 fully saturated rings. The average Bonchev–Trinajstić information content (AvgIpc) is 2.28. The minimum absolute atomic E-state index is 0.0489. The zero-order chi connectivity index (χ0) is 12.0. The molecule has 1 aliphatic heterocycles. The van der Waals surface area contributed by atoms with Crippen LogP contribution in [0, 0.1) is 0 Å². The molecule has 0 aromatic heterocycles. The molecule has 0 bridgehead atoms. The third kappa shape index (κ3) is 4.16. The topological polar surface area (TPSA) is 84.7 Å². The maximum absolute atomic E-state index is 11.9. The summed E-state index contributed by atoms with van der Waals surface area (Å²) in [5.41, 5.74) is 5.01. The van der Waals surface area contributed by atoms with Gasteiger partial charge >= 0.3 is 0 Å². The van der Waals surface area contributed by atoms with Crippen LogP contribution in [-0.2, 0) is 14.3 Å². The summed E-state index contributed by atoms with van der Waals surface area (Å²) < 4.78 is 5.17. The molecule has 6 nitrogen and oxygen atoms in total. The summed E-state index contributed by atoms with van der Waals surface area (Å²) in [5, 5.41) is 2.98. The van der Waals surface area contributed by atoms with Crippen LogP contribution in [0.15, 0.2) is 0 Å². The number of nitrogens with two attached hydrogens (primary N) is 1. The zero-order valence-corrected chi connectivity index (χ0v) is 9.57. The van der Waals surface area contributed by atoms with Crippen molar-refractivity contribution >= 4 is 11.8 Å². The van der Waals surface area contributed by atoms with Crippen LogP contribution in [0.1, 0.15) is 13.3 Å². The van der Waals surface area contributed by atoms with Gasteiger partial charge in [0.1, 0.15) is 0 Å². The maximum Gasteiger partial charge on any atom is 0.239 e. The van der Waals surface area contributed by atoms with E-state index >= 15 is 0 Å². The van der Waals surface area contributed by atoms with E-state index in [1.54, 1.807) is 11.8 Å². The third-order valence-electron chi connectivity index (χ3n) is 2.52. The molecule has 0 radical (unpaired) electrons. The average molecular weight is 229 g/mol. The maximum atomic E-state index is 11.9. The summed E-state index contributed by atoms with van der Waals surface area (Å²) in [6.45, 7) is 4.70. The van der Waals surface area contributed by atoms with Crippen LogP contribution in [0.5, 0.6) is 0 Å². The molecule has 1 aliphatic rings. The van der Waals surface area contributed by atoms with Crippen molar-refractivity contribution in [2.75, 3.05) is 32.8 Å². The summed E-state index contributed by atoms with van der Waals surface area (Å²) in [6.07, 6.45) is 0.251. The van der Waals surface area contributed by atoms with Gasteiger partial charge in [0, 0.05) is 26.1 Å². The van der Waals surface area contributed by atoms with Gasteiger partial charge in [-0.15, -0.1) is 0 Å². The minimum atomic E-state index is -0.362. The van der Waals surface area contributed by atoms with Gasteiger partial charge in [0.25, 0.3) is 0 Å². The second-order valence-electron chi connectivity index (χ2n) is 3.83. The van der Waals surface area contributed by atoms with Gasteiger partial charge in [0.2, 0.25) is 11.8 Å². The van der Waals surface area contributed by atoms with Crippen molar-refractivity contribution in [2.45, 2.75) is 19.4 Å². The molecule has 1 rings (SSSR count). The Morgan fingerprint density at radius 1 is 1.44 bits per heavy atom. The summed E-state index contributed by atoms with van der Waals surface area (Å²) in [7, 11) is 0. The monoisotopic (exact) mass is 229 g/mol. The Balaban J connectivity index is 2.26. The van der Waals surface area contributed by atoms with Crippen LogP contribution >= 0.6 is 0 Å². The van der Waals surface area contributed by atoms with Crippen molar-refractivity contribution in [3.63, 3.8) is 0 Å². The molecular formula is C10H19N3O3. The number of carbonyl (C=O) groups is 2. The molecule has 1 heterocycles. The van der Waals surface area contributed by atoms with E-state index in [9.17, 15) is 9.59 Å². The Labute approximate surface area is 95.1 Å². The first-order chi connectivity index (χ1) is 7.61. The summed E-state index contributed by atoms with van der Waals surface area (Å²) in [5.74, 6) is -0.314. The number of hydrogen-bond acceptors (Lipinski definition) is 4. The molecule has 0 aliphatic carbocycles. The number of nitrogens with one attached hydrogen (secondary N) is 1. The molecule has 1 saturated heterocycles. The second kappa shape index (κ2) is 6.44.